The summed E-state index contributed by atoms with van der Waals surface area (Å²) in [5.41, 5.74) is 2.79. The van der Waals surface area contributed by atoms with Crippen molar-refractivity contribution in [3.05, 3.63) is 36.6 Å². The van der Waals surface area contributed by atoms with Crippen molar-refractivity contribution in [2.24, 2.45) is 0 Å². The summed E-state index contributed by atoms with van der Waals surface area (Å²) in [6.45, 7) is 6.87. The number of aryl methyl sites for hydroxylation is 1. The van der Waals surface area contributed by atoms with Crippen LogP contribution in [0.2, 0.25) is 0 Å². The Balaban J connectivity index is 2.50. The van der Waals surface area contributed by atoms with Crippen molar-refractivity contribution < 1.29 is 9.53 Å². The van der Waals surface area contributed by atoms with Crippen molar-refractivity contribution in [3.8, 4) is 6.07 Å². The Bertz CT molecular complexity index is 670. The second-order valence-corrected chi connectivity index (χ2v) is 7.75. The predicted octanol–water partition coefficient (Wildman–Crippen LogP) is 2.81. The van der Waals surface area contributed by atoms with Gasteiger partial charge >= 0.3 is 134 Å². The average Bonchev–Trinajstić information content (AvgIpc) is 3.06. The Kier molecular flexibility index (Phi) is 5.35. The molecule has 1 atom stereocenters. The topological polar surface area (TPSA) is 63.0 Å². The Morgan fingerprint density at radius 1 is 1.57 bits per heavy atom. The molecular formula is C15H16N2O2SSe. The van der Waals surface area contributed by atoms with Crippen molar-refractivity contribution in [2.75, 3.05) is 6.61 Å². The summed E-state index contributed by atoms with van der Waals surface area (Å²) in [6, 6.07) is 2.33. The first-order chi connectivity index (χ1) is 10.1. The molecule has 0 radical (unpaired) electrons. The number of aromatic nitrogens is 1. The van der Waals surface area contributed by atoms with Crippen LogP contribution in [0.1, 0.15) is 51.8 Å². The number of rotatable bonds is 6. The van der Waals surface area contributed by atoms with Gasteiger partial charge in [-0.3, -0.25) is 0 Å². The fraction of sp³-hybridized carbons (Fsp3) is 0.400. The van der Waals surface area contributed by atoms with Gasteiger partial charge in [0.15, 0.2) is 0 Å². The van der Waals surface area contributed by atoms with Crippen LogP contribution in [0.4, 0.5) is 0 Å². The van der Waals surface area contributed by atoms with Crippen molar-refractivity contribution in [2.45, 2.75) is 32.6 Å². The molecule has 2 rings (SSSR count). The van der Waals surface area contributed by atoms with E-state index < -0.39 is 0 Å². The van der Waals surface area contributed by atoms with E-state index in [4.69, 9.17) is 4.74 Å². The molecule has 110 valence electrons. The van der Waals surface area contributed by atoms with Crippen LogP contribution in [-0.2, 0) is 9.53 Å². The summed E-state index contributed by atoms with van der Waals surface area (Å²) in [4.78, 5) is 15.9. The van der Waals surface area contributed by atoms with Crippen LogP contribution in [0.25, 0.3) is 0 Å². The summed E-state index contributed by atoms with van der Waals surface area (Å²) in [7, 11) is 0. The number of thiophene rings is 1. The number of hydrogen-bond acceptors (Lipinski definition) is 5. The zero-order valence-electron chi connectivity index (χ0n) is 12.1. The SMILES string of the molecule is Cc1nc[se]c1C(COC=O)c1scc(C(C)C)c1C#N. The summed E-state index contributed by atoms with van der Waals surface area (Å²) in [5, 5.41) is 13.5. The normalized spacial score (nSPS) is 12.1. The maximum atomic E-state index is 10.6. The third-order valence-electron chi connectivity index (χ3n) is 3.33. The molecule has 6 heteroatoms. The Labute approximate surface area is 134 Å². The monoisotopic (exact) mass is 368 g/mol. The molecule has 0 aliphatic heterocycles. The Hall–Kier alpha value is -1.41. The second-order valence-electron chi connectivity index (χ2n) is 4.98. The van der Waals surface area contributed by atoms with Gasteiger partial charge in [-0.15, -0.1) is 0 Å². The molecule has 0 saturated heterocycles. The molecule has 2 aromatic rings. The molecular weight excluding hydrogens is 351 g/mol. The number of nitriles is 1. The van der Waals surface area contributed by atoms with E-state index in [0.717, 1.165) is 21.7 Å². The second kappa shape index (κ2) is 7.04. The number of hydrogen-bond donors (Lipinski definition) is 0. The van der Waals surface area contributed by atoms with E-state index in [1.807, 2.05) is 17.4 Å². The molecule has 0 bridgehead atoms. The van der Waals surface area contributed by atoms with Crippen molar-refractivity contribution in [1.82, 2.24) is 4.98 Å². The third-order valence-corrected chi connectivity index (χ3v) is 6.63. The summed E-state index contributed by atoms with van der Waals surface area (Å²) in [5.74, 6) is 0.252. The van der Waals surface area contributed by atoms with Crippen LogP contribution in [0.3, 0.4) is 0 Å². The van der Waals surface area contributed by atoms with E-state index in [0.29, 0.717) is 12.4 Å². The fourth-order valence-corrected chi connectivity index (χ4v) is 5.57. The summed E-state index contributed by atoms with van der Waals surface area (Å²) < 4.78 is 6.21. The van der Waals surface area contributed by atoms with Gasteiger partial charge in [-0.2, -0.15) is 0 Å². The zero-order valence-corrected chi connectivity index (χ0v) is 14.7. The van der Waals surface area contributed by atoms with Crippen LogP contribution < -0.4 is 0 Å². The predicted molar refractivity (Wildman–Crippen MR) is 82.9 cm³/mol. The first-order valence-electron chi connectivity index (χ1n) is 6.56. The first-order valence-corrected chi connectivity index (χ1v) is 9.29. The van der Waals surface area contributed by atoms with E-state index in [2.05, 4.69) is 24.9 Å². The van der Waals surface area contributed by atoms with Crippen LogP contribution in [0, 0.1) is 18.3 Å². The van der Waals surface area contributed by atoms with E-state index in [9.17, 15) is 10.1 Å². The quantitative estimate of drug-likeness (QED) is 0.582. The van der Waals surface area contributed by atoms with E-state index in [1.54, 1.807) is 11.3 Å². The van der Waals surface area contributed by atoms with Crippen LogP contribution in [0.5, 0.6) is 0 Å². The van der Waals surface area contributed by atoms with E-state index in [-0.39, 0.29) is 27.0 Å². The van der Waals surface area contributed by atoms with E-state index >= 15 is 0 Å². The molecule has 0 N–H and O–H groups in total. The molecule has 0 spiro atoms. The minimum absolute atomic E-state index is 0.0511. The van der Waals surface area contributed by atoms with Gasteiger partial charge in [0.05, 0.1) is 0 Å². The minimum atomic E-state index is -0.0511. The molecule has 0 amide bonds. The number of carbonyl (C=O) groups is 1. The number of nitrogens with zero attached hydrogens (tertiary/aromatic N) is 2. The molecule has 0 aromatic carbocycles. The summed E-state index contributed by atoms with van der Waals surface area (Å²) >= 11 is 1.74. The third kappa shape index (κ3) is 3.26. The molecule has 1 unspecified atom stereocenters. The molecule has 2 aromatic heterocycles. The van der Waals surface area contributed by atoms with Gasteiger partial charge in [0.2, 0.25) is 0 Å². The molecule has 2 heterocycles. The number of carbonyl (C=O) groups excluding carboxylic acids is 1. The van der Waals surface area contributed by atoms with Gasteiger partial charge in [-0.25, -0.2) is 0 Å². The molecule has 0 aliphatic rings. The van der Waals surface area contributed by atoms with Gasteiger partial charge in [-0.05, 0) is 0 Å². The zero-order chi connectivity index (χ0) is 15.4. The standard InChI is InChI=1S/C15H16N2O2SSe/c1-9(2)13-6-20-14(11(13)4-16)12(5-19-8-18)15-10(3)17-7-21-15/h6-9,12H,5H2,1-3H3. The molecule has 4 nitrogen and oxygen atoms in total. The van der Waals surface area contributed by atoms with Gasteiger partial charge < -0.3 is 0 Å². The van der Waals surface area contributed by atoms with Crippen molar-refractivity contribution in [3.63, 3.8) is 0 Å². The Morgan fingerprint density at radius 2 is 2.33 bits per heavy atom. The van der Waals surface area contributed by atoms with Gasteiger partial charge in [0.1, 0.15) is 0 Å². The molecule has 0 aliphatic carbocycles. The van der Waals surface area contributed by atoms with Crippen molar-refractivity contribution in [1.29, 1.82) is 5.26 Å². The molecule has 21 heavy (non-hydrogen) atoms. The van der Waals surface area contributed by atoms with Crippen LogP contribution >= 0.6 is 11.3 Å². The van der Waals surface area contributed by atoms with Crippen LogP contribution in [0.15, 0.2) is 10.5 Å². The van der Waals surface area contributed by atoms with Gasteiger partial charge in [-0.1, -0.05) is 0 Å². The van der Waals surface area contributed by atoms with E-state index in [1.165, 1.54) is 4.44 Å². The summed E-state index contributed by atoms with van der Waals surface area (Å²) in [6.07, 6.45) is 0. The fourth-order valence-electron chi connectivity index (χ4n) is 2.24. The first kappa shape index (κ1) is 16.0. The Morgan fingerprint density at radius 3 is 2.86 bits per heavy atom. The van der Waals surface area contributed by atoms with Gasteiger partial charge in [0.25, 0.3) is 0 Å². The van der Waals surface area contributed by atoms with Crippen LogP contribution in [-0.4, -0.2) is 32.6 Å². The molecule has 0 fully saturated rings. The average molecular weight is 367 g/mol. The molecule has 0 saturated carbocycles. The number of ether oxygens (including phenoxy) is 1. The van der Waals surface area contributed by atoms with Crippen molar-refractivity contribution >= 4 is 32.3 Å². The maximum absolute atomic E-state index is 10.6. The van der Waals surface area contributed by atoms with Gasteiger partial charge in [0, 0.05) is 0 Å².